The first kappa shape index (κ1) is 15.6. The van der Waals surface area contributed by atoms with E-state index in [0.29, 0.717) is 18.1 Å². The third-order valence-corrected chi connectivity index (χ3v) is 4.27. The molecule has 8 nitrogen and oxygen atoms in total. The summed E-state index contributed by atoms with van der Waals surface area (Å²) in [6.45, 7) is 2.38. The van der Waals surface area contributed by atoms with Crippen molar-refractivity contribution in [2.24, 2.45) is 7.05 Å². The molecule has 4 rings (SSSR count). The maximum absolute atomic E-state index is 12.2. The topological polar surface area (TPSA) is 88.8 Å². The van der Waals surface area contributed by atoms with Crippen LogP contribution in [0.5, 0.6) is 0 Å². The molecule has 1 fully saturated rings. The number of nitrogens with zero attached hydrogens (tertiary/aromatic N) is 6. The highest BCUT2D eigenvalue weighted by atomic mass is 16.2. The number of likely N-dealkylation sites (tertiary alicyclic amines) is 1. The molecule has 0 spiro atoms. The zero-order chi connectivity index (χ0) is 17.2. The average Bonchev–Trinajstić information content (AvgIpc) is 3.26. The molecular weight excluding hydrogens is 318 g/mol. The Labute approximate surface area is 144 Å². The van der Waals surface area contributed by atoms with E-state index in [1.807, 2.05) is 25.4 Å². The SMILES string of the molecule is Cn1cc(-c2ccc3cnc(NC(=O)CN4CCCC4)cc3n2)nn1. The van der Waals surface area contributed by atoms with Gasteiger partial charge in [-0.25, -0.2) is 9.97 Å². The first-order valence-corrected chi connectivity index (χ1v) is 8.33. The largest absolute Gasteiger partial charge is 0.310 e. The lowest BCUT2D eigenvalue weighted by atomic mass is 10.2. The van der Waals surface area contributed by atoms with E-state index in [9.17, 15) is 4.79 Å². The number of anilines is 1. The van der Waals surface area contributed by atoms with Gasteiger partial charge in [0.2, 0.25) is 5.91 Å². The number of fused-ring (bicyclic) bond motifs is 1. The smallest absolute Gasteiger partial charge is 0.239 e. The standard InChI is InChI=1S/C17H19N7O/c1-23-10-15(21-22-23)13-5-4-12-9-18-16(8-14(12)19-13)20-17(25)11-24-6-2-3-7-24/h4-5,8-10H,2-3,6-7,11H2,1H3,(H,18,20,25). The molecular formula is C17H19N7O. The van der Waals surface area contributed by atoms with Crippen LogP contribution in [0, 0.1) is 0 Å². The molecule has 0 radical (unpaired) electrons. The molecule has 1 amide bonds. The van der Waals surface area contributed by atoms with Crippen LogP contribution in [0.25, 0.3) is 22.3 Å². The van der Waals surface area contributed by atoms with Gasteiger partial charge in [0.1, 0.15) is 11.5 Å². The van der Waals surface area contributed by atoms with E-state index in [0.717, 1.165) is 42.5 Å². The van der Waals surface area contributed by atoms with Gasteiger partial charge in [0.05, 0.1) is 24.0 Å². The van der Waals surface area contributed by atoms with Gasteiger partial charge in [-0.2, -0.15) is 0 Å². The number of hydrogen-bond acceptors (Lipinski definition) is 6. The number of amides is 1. The summed E-state index contributed by atoms with van der Waals surface area (Å²) < 4.78 is 1.64. The lowest BCUT2D eigenvalue weighted by molar-refractivity contribution is -0.117. The second kappa shape index (κ2) is 6.56. The first-order valence-electron chi connectivity index (χ1n) is 8.33. The van der Waals surface area contributed by atoms with Gasteiger partial charge in [-0.05, 0) is 38.1 Å². The van der Waals surface area contributed by atoms with Crippen LogP contribution in [0.1, 0.15) is 12.8 Å². The second-order valence-corrected chi connectivity index (χ2v) is 6.27. The summed E-state index contributed by atoms with van der Waals surface area (Å²) in [6.07, 6.45) is 5.86. The summed E-state index contributed by atoms with van der Waals surface area (Å²) in [4.78, 5) is 23.2. The van der Waals surface area contributed by atoms with Crippen molar-refractivity contribution >= 4 is 22.6 Å². The van der Waals surface area contributed by atoms with E-state index >= 15 is 0 Å². The Morgan fingerprint density at radius 3 is 2.84 bits per heavy atom. The molecule has 3 aromatic heterocycles. The number of hydrogen-bond donors (Lipinski definition) is 1. The quantitative estimate of drug-likeness (QED) is 0.775. The van der Waals surface area contributed by atoms with Crippen molar-refractivity contribution < 1.29 is 4.79 Å². The fourth-order valence-electron chi connectivity index (χ4n) is 3.02. The molecule has 8 heteroatoms. The zero-order valence-electron chi connectivity index (χ0n) is 14.0. The Kier molecular flexibility index (Phi) is 4.10. The predicted molar refractivity (Wildman–Crippen MR) is 93.8 cm³/mol. The zero-order valence-corrected chi connectivity index (χ0v) is 14.0. The third kappa shape index (κ3) is 3.48. The number of carbonyl (C=O) groups excluding carboxylic acids is 1. The number of carbonyl (C=O) groups is 1. The van der Waals surface area contributed by atoms with Gasteiger partial charge < -0.3 is 5.32 Å². The highest BCUT2D eigenvalue weighted by molar-refractivity contribution is 5.93. The molecule has 0 aromatic carbocycles. The van der Waals surface area contributed by atoms with Crippen molar-refractivity contribution in [2.75, 3.05) is 25.0 Å². The van der Waals surface area contributed by atoms with E-state index in [4.69, 9.17) is 0 Å². The minimum Gasteiger partial charge on any atom is -0.310 e. The molecule has 1 aliphatic heterocycles. The van der Waals surface area contributed by atoms with Gasteiger partial charge in [-0.15, -0.1) is 5.10 Å². The van der Waals surface area contributed by atoms with Crippen LogP contribution < -0.4 is 5.32 Å². The van der Waals surface area contributed by atoms with Crippen LogP contribution in [0.4, 0.5) is 5.82 Å². The van der Waals surface area contributed by atoms with E-state index < -0.39 is 0 Å². The van der Waals surface area contributed by atoms with Crippen molar-refractivity contribution in [2.45, 2.75) is 12.8 Å². The predicted octanol–water partition coefficient (Wildman–Crippen LogP) is 1.46. The van der Waals surface area contributed by atoms with E-state index in [-0.39, 0.29) is 5.91 Å². The third-order valence-electron chi connectivity index (χ3n) is 4.27. The summed E-state index contributed by atoms with van der Waals surface area (Å²) in [6, 6.07) is 5.62. The summed E-state index contributed by atoms with van der Waals surface area (Å²) in [5, 5.41) is 11.8. The minimum absolute atomic E-state index is 0.0427. The fraction of sp³-hybridized carbons (Fsp3) is 0.353. The molecule has 0 atom stereocenters. The van der Waals surface area contributed by atoms with Gasteiger partial charge in [0, 0.05) is 24.7 Å². The van der Waals surface area contributed by atoms with Crippen molar-refractivity contribution in [3.63, 3.8) is 0 Å². The van der Waals surface area contributed by atoms with Crippen molar-refractivity contribution in [1.82, 2.24) is 29.9 Å². The van der Waals surface area contributed by atoms with E-state index in [2.05, 4.69) is 30.5 Å². The van der Waals surface area contributed by atoms with E-state index in [1.165, 1.54) is 0 Å². The number of nitrogens with one attached hydrogen (secondary N) is 1. The van der Waals surface area contributed by atoms with Crippen LogP contribution in [0.15, 0.2) is 30.6 Å². The van der Waals surface area contributed by atoms with Gasteiger partial charge in [-0.3, -0.25) is 14.4 Å². The summed E-state index contributed by atoms with van der Waals surface area (Å²) in [5.41, 5.74) is 2.21. The highest BCUT2D eigenvalue weighted by Crippen LogP contribution is 2.20. The van der Waals surface area contributed by atoms with Gasteiger partial charge >= 0.3 is 0 Å². The fourth-order valence-corrected chi connectivity index (χ4v) is 3.02. The molecule has 3 aromatic rings. The lowest BCUT2D eigenvalue weighted by Gasteiger charge is -2.13. The molecule has 25 heavy (non-hydrogen) atoms. The Bertz CT molecular complexity index is 914. The Morgan fingerprint density at radius 2 is 2.08 bits per heavy atom. The molecule has 128 valence electrons. The molecule has 0 unspecified atom stereocenters. The van der Waals surface area contributed by atoms with E-state index in [1.54, 1.807) is 16.9 Å². The lowest BCUT2D eigenvalue weighted by Crippen LogP contribution is -2.31. The van der Waals surface area contributed by atoms with Gasteiger partial charge in [0.25, 0.3) is 0 Å². The van der Waals surface area contributed by atoms with Crippen LogP contribution in [-0.2, 0) is 11.8 Å². The molecule has 1 N–H and O–H groups in total. The molecule has 0 saturated carbocycles. The number of rotatable bonds is 4. The Hall–Kier alpha value is -2.87. The van der Waals surface area contributed by atoms with Gasteiger partial charge in [-0.1, -0.05) is 5.21 Å². The number of aromatic nitrogens is 5. The Balaban J connectivity index is 1.54. The van der Waals surface area contributed by atoms with Crippen molar-refractivity contribution in [1.29, 1.82) is 0 Å². The normalized spacial score (nSPS) is 14.9. The number of pyridine rings is 2. The molecule has 0 bridgehead atoms. The summed E-state index contributed by atoms with van der Waals surface area (Å²) >= 11 is 0. The molecule has 4 heterocycles. The van der Waals surface area contributed by atoms with Crippen LogP contribution in [-0.4, -0.2) is 55.4 Å². The molecule has 1 aliphatic rings. The van der Waals surface area contributed by atoms with Crippen molar-refractivity contribution in [3.05, 3.63) is 30.6 Å². The summed E-state index contributed by atoms with van der Waals surface area (Å²) in [5.74, 6) is 0.472. The maximum Gasteiger partial charge on any atom is 0.239 e. The highest BCUT2D eigenvalue weighted by Gasteiger charge is 2.15. The minimum atomic E-state index is -0.0427. The van der Waals surface area contributed by atoms with Crippen molar-refractivity contribution in [3.8, 4) is 11.4 Å². The molecule has 0 aliphatic carbocycles. The van der Waals surface area contributed by atoms with Crippen LogP contribution >= 0.6 is 0 Å². The second-order valence-electron chi connectivity index (χ2n) is 6.27. The average molecular weight is 337 g/mol. The Morgan fingerprint density at radius 1 is 1.24 bits per heavy atom. The monoisotopic (exact) mass is 337 g/mol. The first-order chi connectivity index (χ1) is 12.2. The maximum atomic E-state index is 12.2. The van der Waals surface area contributed by atoms with Gasteiger partial charge in [0.15, 0.2) is 0 Å². The summed E-state index contributed by atoms with van der Waals surface area (Å²) in [7, 11) is 1.81. The molecule has 1 saturated heterocycles. The van der Waals surface area contributed by atoms with Crippen LogP contribution in [0.3, 0.4) is 0 Å². The van der Waals surface area contributed by atoms with Crippen LogP contribution in [0.2, 0.25) is 0 Å². The number of aryl methyl sites for hydroxylation is 1.